The van der Waals surface area contributed by atoms with Crippen LogP contribution < -0.4 is 5.32 Å². The van der Waals surface area contributed by atoms with Crippen molar-refractivity contribution in [1.29, 1.82) is 0 Å². The first-order valence-corrected chi connectivity index (χ1v) is 6.86. The van der Waals surface area contributed by atoms with Gasteiger partial charge in [-0.15, -0.1) is 11.3 Å². The molecular formula is C13H17NO2S. The van der Waals surface area contributed by atoms with Gasteiger partial charge in [-0.05, 0) is 38.3 Å². The highest BCUT2D eigenvalue weighted by atomic mass is 32.1. The van der Waals surface area contributed by atoms with Gasteiger partial charge < -0.3 is 5.32 Å². The lowest BCUT2D eigenvalue weighted by Crippen LogP contribution is -2.35. The maximum absolute atomic E-state index is 11.6. The van der Waals surface area contributed by atoms with Crippen LogP contribution in [0.2, 0.25) is 0 Å². The van der Waals surface area contributed by atoms with E-state index in [0.29, 0.717) is 6.54 Å². The number of thiophene rings is 1. The number of Topliss-reactive ketones (excluding diaryl/α,β-unsaturated/α-hetero) is 1. The molecule has 1 aliphatic carbocycles. The first-order chi connectivity index (χ1) is 8.16. The Balaban J connectivity index is 1.73. The van der Waals surface area contributed by atoms with E-state index in [1.54, 1.807) is 6.92 Å². The van der Waals surface area contributed by atoms with E-state index in [4.69, 9.17) is 0 Å². The standard InChI is InChI=1S/C13H17NO2S/c1-9(15)12-6-5-11(17-12)7-8-14-13(16)10-3-2-4-10/h5-6,10H,2-4,7-8H2,1H3,(H,14,16). The van der Waals surface area contributed by atoms with Crippen molar-refractivity contribution < 1.29 is 9.59 Å². The second kappa shape index (κ2) is 5.45. The van der Waals surface area contributed by atoms with Gasteiger partial charge in [0.15, 0.2) is 5.78 Å². The lowest BCUT2D eigenvalue weighted by molar-refractivity contribution is -0.127. The van der Waals surface area contributed by atoms with Gasteiger partial charge in [-0.2, -0.15) is 0 Å². The Bertz CT molecular complexity index is 421. The number of nitrogens with one attached hydrogen (secondary N) is 1. The molecule has 0 radical (unpaired) electrons. The van der Waals surface area contributed by atoms with Crippen LogP contribution in [0.1, 0.15) is 40.7 Å². The van der Waals surface area contributed by atoms with Crippen LogP contribution in [0.4, 0.5) is 0 Å². The third-order valence-corrected chi connectivity index (χ3v) is 4.40. The van der Waals surface area contributed by atoms with Crippen LogP contribution in [0.3, 0.4) is 0 Å². The molecular weight excluding hydrogens is 234 g/mol. The van der Waals surface area contributed by atoms with Crippen molar-refractivity contribution in [2.75, 3.05) is 6.54 Å². The second-order valence-electron chi connectivity index (χ2n) is 4.49. The molecule has 1 aromatic heterocycles. The zero-order valence-electron chi connectivity index (χ0n) is 9.99. The van der Waals surface area contributed by atoms with E-state index >= 15 is 0 Å². The molecule has 1 fully saturated rings. The topological polar surface area (TPSA) is 46.2 Å². The Labute approximate surface area is 105 Å². The number of rotatable bonds is 5. The number of amides is 1. The van der Waals surface area contributed by atoms with Crippen molar-refractivity contribution in [1.82, 2.24) is 5.32 Å². The molecule has 92 valence electrons. The Kier molecular flexibility index (Phi) is 3.94. The van der Waals surface area contributed by atoms with Gasteiger partial charge in [-0.25, -0.2) is 0 Å². The molecule has 3 nitrogen and oxygen atoms in total. The average molecular weight is 251 g/mol. The molecule has 0 bridgehead atoms. The van der Waals surface area contributed by atoms with E-state index in [9.17, 15) is 9.59 Å². The van der Waals surface area contributed by atoms with Crippen molar-refractivity contribution in [3.63, 3.8) is 0 Å². The fourth-order valence-electron chi connectivity index (χ4n) is 1.83. The van der Waals surface area contributed by atoms with Gasteiger partial charge in [0.2, 0.25) is 5.91 Å². The minimum absolute atomic E-state index is 0.111. The fraction of sp³-hybridized carbons (Fsp3) is 0.538. The first-order valence-electron chi connectivity index (χ1n) is 6.04. The Morgan fingerprint density at radius 1 is 1.41 bits per heavy atom. The van der Waals surface area contributed by atoms with Crippen LogP contribution in [0, 0.1) is 5.92 Å². The summed E-state index contributed by atoms with van der Waals surface area (Å²) in [7, 11) is 0. The highest BCUT2D eigenvalue weighted by Crippen LogP contribution is 2.26. The normalized spacial score (nSPS) is 15.4. The van der Waals surface area contributed by atoms with E-state index in [1.807, 2.05) is 12.1 Å². The number of hydrogen-bond donors (Lipinski definition) is 1. The summed E-state index contributed by atoms with van der Waals surface area (Å²) in [5.41, 5.74) is 0. The summed E-state index contributed by atoms with van der Waals surface area (Å²) in [6.07, 6.45) is 4.08. The molecule has 1 N–H and O–H groups in total. The molecule has 0 atom stereocenters. The molecule has 1 aromatic rings. The van der Waals surface area contributed by atoms with E-state index in [1.165, 1.54) is 17.8 Å². The lowest BCUT2D eigenvalue weighted by Gasteiger charge is -2.23. The van der Waals surface area contributed by atoms with Crippen LogP contribution in [0.25, 0.3) is 0 Å². The van der Waals surface area contributed by atoms with Gasteiger partial charge in [-0.1, -0.05) is 6.42 Å². The molecule has 0 unspecified atom stereocenters. The smallest absolute Gasteiger partial charge is 0.223 e. The molecule has 1 aliphatic rings. The highest BCUT2D eigenvalue weighted by molar-refractivity contribution is 7.14. The molecule has 0 saturated heterocycles. The van der Waals surface area contributed by atoms with Crippen LogP contribution in [-0.4, -0.2) is 18.2 Å². The molecule has 0 aliphatic heterocycles. The van der Waals surface area contributed by atoms with Crippen LogP contribution in [-0.2, 0) is 11.2 Å². The van der Waals surface area contributed by atoms with Crippen LogP contribution in [0.5, 0.6) is 0 Å². The van der Waals surface area contributed by atoms with Crippen molar-refractivity contribution in [3.8, 4) is 0 Å². The summed E-state index contributed by atoms with van der Waals surface area (Å²) >= 11 is 1.52. The summed E-state index contributed by atoms with van der Waals surface area (Å²) in [5, 5.41) is 2.95. The molecule has 4 heteroatoms. The van der Waals surface area contributed by atoms with E-state index in [2.05, 4.69) is 5.32 Å². The van der Waals surface area contributed by atoms with Gasteiger partial charge in [0, 0.05) is 17.3 Å². The highest BCUT2D eigenvalue weighted by Gasteiger charge is 2.24. The van der Waals surface area contributed by atoms with Crippen molar-refractivity contribution in [2.24, 2.45) is 5.92 Å². The molecule has 17 heavy (non-hydrogen) atoms. The summed E-state index contributed by atoms with van der Waals surface area (Å²) in [5.74, 6) is 0.561. The molecule has 1 amide bonds. The zero-order chi connectivity index (χ0) is 12.3. The monoisotopic (exact) mass is 251 g/mol. The summed E-state index contributed by atoms with van der Waals surface area (Å²) in [6, 6.07) is 3.83. The molecule has 2 rings (SSSR count). The first kappa shape index (κ1) is 12.3. The minimum atomic E-state index is 0.111. The second-order valence-corrected chi connectivity index (χ2v) is 5.66. The van der Waals surface area contributed by atoms with E-state index < -0.39 is 0 Å². The van der Waals surface area contributed by atoms with E-state index in [-0.39, 0.29) is 17.6 Å². The molecule has 0 spiro atoms. The van der Waals surface area contributed by atoms with Gasteiger partial charge >= 0.3 is 0 Å². The van der Waals surface area contributed by atoms with Crippen molar-refractivity contribution in [2.45, 2.75) is 32.6 Å². The number of hydrogen-bond acceptors (Lipinski definition) is 3. The number of carbonyl (C=O) groups excluding carboxylic acids is 2. The third-order valence-electron chi connectivity index (χ3n) is 3.16. The quantitative estimate of drug-likeness (QED) is 0.817. The van der Waals surface area contributed by atoms with Crippen molar-refractivity contribution in [3.05, 3.63) is 21.9 Å². The summed E-state index contributed by atoms with van der Waals surface area (Å²) in [4.78, 5) is 24.6. The van der Waals surface area contributed by atoms with Gasteiger partial charge in [0.05, 0.1) is 4.88 Å². The Morgan fingerprint density at radius 2 is 2.18 bits per heavy atom. The van der Waals surface area contributed by atoms with Gasteiger partial charge in [0.1, 0.15) is 0 Å². The Hall–Kier alpha value is -1.16. The molecule has 1 saturated carbocycles. The SMILES string of the molecule is CC(=O)c1ccc(CCNC(=O)C2CCC2)s1. The molecule has 1 heterocycles. The van der Waals surface area contributed by atoms with E-state index in [0.717, 1.165) is 29.0 Å². The molecule has 0 aromatic carbocycles. The lowest BCUT2D eigenvalue weighted by atomic mass is 9.85. The third kappa shape index (κ3) is 3.16. The summed E-state index contributed by atoms with van der Waals surface area (Å²) in [6.45, 7) is 2.25. The van der Waals surface area contributed by atoms with Crippen LogP contribution >= 0.6 is 11.3 Å². The maximum Gasteiger partial charge on any atom is 0.223 e. The predicted molar refractivity (Wildman–Crippen MR) is 68.4 cm³/mol. The van der Waals surface area contributed by atoms with Gasteiger partial charge in [-0.3, -0.25) is 9.59 Å². The average Bonchev–Trinajstić information content (AvgIpc) is 2.63. The van der Waals surface area contributed by atoms with Gasteiger partial charge in [0.25, 0.3) is 0 Å². The van der Waals surface area contributed by atoms with Crippen LogP contribution in [0.15, 0.2) is 12.1 Å². The minimum Gasteiger partial charge on any atom is -0.356 e. The Morgan fingerprint density at radius 3 is 2.71 bits per heavy atom. The summed E-state index contributed by atoms with van der Waals surface area (Å²) < 4.78 is 0. The zero-order valence-corrected chi connectivity index (χ0v) is 10.8. The fourth-order valence-corrected chi connectivity index (χ4v) is 2.73. The number of carbonyl (C=O) groups is 2. The largest absolute Gasteiger partial charge is 0.356 e. The van der Waals surface area contributed by atoms with Crippen molar-refractivity contribution >= 4 is 23.0 Å². The number of ketones is 1. The predicted octanol–water partition coefficient (Wildman–Crippen LogP) is 2.41. The maximum atomic E-state index is 11.6.